The number of unbranched alkanes of at least 4 members (excludes halogenated alkanes) is 22. The molecule has 1 aliphatic rings. The van der Waals surface area contributed by atoms with Crippen LogP contribution in [0.3, 0.4) is 0 Å². The molecule has 1 aliphatic heterocycles. The van der Waals surface area contributed by atoms with E-state index in [1.165, 1.54) is 110 Å². The Morgan fingerprint density at radius 1 is 0.544 bits per heavy atom. The van der Waals surface area contributed by atoms with Crippen LogP contribution in [0.2, 0.25) is 0 Å². The lowest BCUT2D eigenvalue weighted by Gasteiger charge is -2.39. The van der Waals surface area contributed by atoms with E-state index >= 15 is 0 Å². The van der Waals surface area contributed by atoms with Gasteiger partial charge < -0.3 is 45.6 Å². The van der Waals surface area contributed by atoms with Crippen LogP contribution >= 0.6 is 0 Å². The SMILES string of the molecule is CCCCCCCCCCCCCCC(CCCCCCCCCCCCCC)C(=O)N[C@@H](CO[C@H]1O[C@@H](C)[C@@H](O)[C@@H](O)[C@@H]1O)C(=O)N[C@H](CCC(=O)O)C(=O)O. The predicted molar refractivity (Wildman–Crippen MR) is 222 cm³/mol. The normalized spacial score (nSPS) is 20.6. The van der Waals surface area contributed by atoms with E-state index in [1.54, 1.807) is 0 Å². The zero-order valence-electron chi connectivity index (χ0n) is 35.8. The van der Waals surface area contributed by atoms with Gasteiger partial charge >= 0.3 is 11.9 Å². The number of nitrogens with one attached hydrogen (secondary N) is 2. The Bertz CT molecular complexity index is 1040. The number of aliphatic hydroxyl groups excluding tert-OH is 3. The summed E-state index contributed by atoms with van der Waals surface area (Å²) in [6, 6.07) is -2.94. The van der Waals surface area contributed by atoms with Crippen molar-refractivity contribution < 1.29 is 54.2 Å². The molecule has 0 aromatic carbocycles. The van der Waals surface area contributed by atoms with Gasteiger partial charge in [-0.05, 0) is 26.2 Å². The summed E-state index contributed by atoms with van der Waals surface area (Å²) in [5.74, 6) is -4.29. The maximum absolute atomic E-state index is 13.9. The number of carbonyl (C=O) groups excluding carboxylic acids is 2. The highest BCUT2D eigenvalue weighted by Crippen LogP contribution is 2.23. The summed E-state index contributed by atoms with van der Waals surface area (Å²) >= 11 is 0. The summed E-state index contributed by atoms with van der Waals surface area (Å²) in [4.78, 5) is 50.5. The number of rotatable bonds is 37. The molecule has 1 rings (SSSR count). The molecule has 7 N–H and O–H groups in total. The minimum atomic E-state index is -1.65. The minimum Gasteiger partial charge on any atom is -0.481 e. The van der Waals surface area contributed by atoms with Gasteiger partial charge in [0.25, 0.3) is 0 Å². The Hall–Kier alpha value is -2.32. The van der Waals surface area contributed by atoms with Gasteiger partial charge in [-0.3, -0.25) is 14.4 Å². The quantitative estimate of drug-likeness (QED) is 0.0304. The van der Waals surface area contributed by atoms with E-state index in [4.69, 9.17) is 14.6 Å². The molecular weight excluding hydrogens is 732 g/mol. The monoisotopic (exact) mass is 815 g/mol. The van der Waals surface area contributed by atoms with E-state index in [0.29, 0.717) is 12.8 Å². The Balaban J connectivity index is 2.89. The Morgan fingerprint density at radius 3 is 1.35 bits per heavy atom. The van der Waals surface area contributed by atoms with Crippen LogP contribution in [0.15, 0.2) is 0 Å². The van der Waals surface area contributed by atoms with E-state index in [9.17, 15) is 39.6 Å². The summed E-state index contributed by atoms with van der Waals surface area (Å²) in [5.41, 5.74) is 0. The Morgan fingerprint density at radius 2 is 0.947 bits per heavy atom. The highest BCUT2D eigenvalue weighted by atomic mass is 16.7. The number of hydrogen-bond acceptors (Lipinski definition) is 9. The third-order valence-corrected chi connectivity index (χ3v) is 11.3. The molecule has 0 saturated carbocycles. The van der Waals surface area contributed by atoms with Crippen molar-refractivity contribution in [3.8, 4) is 0 Å². The van der Waals surface area contributed by atoms with E-state index in [1.807, 2.05) is 0 Å². The largest absolute Gasteiger partial charge is 0.481 e. The van der Waals surface area contributed by atoms with Crippen LogP contribution < -0.4 is 10.6 Å². The van der Waals surface area contributed by atoms with Gasteiger partial charge in [0.1, 0.15) is 30.4 Å². The Kier molecular flexibility index (Phi) is 31.0. The second-order valence-electron chi connectivity index (χ2n) is 16.5. The highest BCUT2D eigenvalue weighted by Gasteiger charge is 2.43. The van der Waals surface area contributed by atoms with Crippen molar-refractivity contribution in [3.63, 3.8) is 0 Å². The number of carbonyl (C=O) groups is 4. The van der Waals surface area contributed by atoms with Crippen molar-refractivity contribution in [3.05, 3.63) is 0 Å². The van der Waals surface area contributed by atoms with Crippen molar-refractivity contribution in [1.29, 1.82) is 0 Å². The molecular formula is C44H82N2O11. The number of carboxylic acids is 2. The second kappa shape index (κ2) is 33.5. The van der Waals surface area contributed by atoms with E-state index in [-0.39, 0.29) is 18.2 Å². The fourth-order valence-electron chi connectivity index (χ4n) is 7.48. The van der Waals surface area contributed by atoms with Gasteiger partial charge in [-0.1, -0.05) is 168 Å². The third-order valence-electron chi connectivity index (χ3n) is 11.3. The van der Waals surface area contributed by atoms with Crippen LogP contribution in [-0.2, 0) is 28.7 Å². The molecule has 13 nitrogen and oxygen atoms in total. The minimum absolute atomic E-state index is 0.365. The van der Waals surface area contributed by atoms with Crippen LogP contribution in [0.1, 0.15) is 201 Å². The molecule has 0 bridgehead atoms. The first-order valence-corrected chi connectivity index (χ1v) is 22.8. The fourth-order valence-corrected chi connectivity index (χ4v) is 7.48. The first-order chi connectivity index (χ1) is 27.4. The van der Waals surface area contributed by atoms with Gasteiger partial charge in [-0.25, -0.2) is 4.79 Å². The summed E-state index contributed by atoms with van der Waals surface area (Å²) in [6.45, 7) is 5.41. The smallest absolute Gasteiger partial charge is 0.326 e. The van der Waals surface area contributed by atoms with Gasteiger partial charge in [0.2, 0.25) is 11.8 Å². The number of aliphatic carboxylic acids is 2. The first kappa shape index (κ1) is 52.7. The molecule has 0 spiro atoms. The molecule has 0 radical (unpaired) electrons. The van der Waals surface area contributed by atoms with Crippen molar-refractivity contribution >= 4 is 23.8 Å². The molecule has 0 aromatic rings. The molecule has 334 valence electrons. The molecule has 2 amide bonds. The number of hydrogen-bond donors (Lipinski definition) is 7. The maximum Gasteiger partial charge on any atom is 0.326 e. The number of amides is 2. The van der Waals surface area contributed by atoms with Gasteiger partial charge in [-0.15, -0.1) is 0 Å². The van der Waals surface area contributed by atoms with Crippen LogP contribution in [-0.4, -0.2) is 98.7 Å². The van der Waals surface area contributed by atoms with Crippen molar-refractivity contribution in [2.75, 3.05) is 6.61 Å². The molecule has 0 aromatic heterocycles. The van der Waals surface area contributed by atoms with Crippen LogP contribution in [0, 0.1) is 5.92 Å². The number of carboxylic acid groups (broad SMARTS) is 2. The molecule has 1 fully saturated rings. The van der Waals surface area contributed by atoms with Crippen LogP contribution in [0.5, 0.6) is 0 Å². The van der Waals surface area contributed by atoms with E-state index in [2.05, 4.69) is 24.5 Å². The van der Waals surface area contributed by atoms with E-state index in [0.717, 1.165) is 51.4 Å². The molecule has 7 atom stereocenters. The molecule has 0 unspecified atom stereocenters. The topological polar surface area (TPSA) is 212 Å². The van der Waals surface area contributed by atoms with Crippen molar-refractivity contribution in [2.24, 2.45) is 5.92 Å². The number of ether oxygens (including phenoxy) is 2. The molecule has 1 heterocycles. The molecule has 13 heteroatoms. The lowest BCUT2D eigenvalue weighted by molar-refractivity contribution is -0.293. The second-order valence-corrected chi connectivity index (χ2v) is 16.5. The molecule has 1 saturated heterocycles. The van der Waals surface area contributed by atoms with Gasteiger partial charge in [0.15, 0.2) is 6.29 Å². The lowest BCUT2D eigenvalue weighted by Crippen LogP contribution is -2.59. The van der Waals surface area contributed by atoms with Crippen molar-refractivity contribution in [2.45, 2.75) is 243 Å². The Labute approximate surface area is 343 Å². The zero-order valence-corrected chi connectivity index (χ0v) is 35.8. The molecule has 0 aliphatic carbocycles. The van der Waals surface area contributed by atoms with E-state index < -0.39 is 73.7 Å². The number of aliphatic hydroxyl groups is 3. The van der Waals surface area contributed by atoms with Crippen LogP contribution in [0.25, 0.3) is 0 Å². The van der Waals surface area contributed by atoms with Gasteiger partial charge in [0.05, 0.1) is 12.7 Å². The average Bonchev–Trinajstić information content (AvgIpc) is 3.18. The standard InChI is InChI=1S/C44H82N2O11/c1-4-6-8-10-12-14-16-18-20-22-24-26-28-34(29-27-25-23-21-19-17-15-13-11-9-7-5-2)41(52)46-36(42(53)45-35(43(54)55)30-31-37(47)48)32-56-44-40(51)39(50)38(49)33(3)57-44/h33-36,38-40,44,49-51H,4-32H2,1-3H3,(H,45,53)(H,46,52)(H,47,48)(H,54,55)/t33-,35+,36-,38+,39+,40-,44-/m0/s1. The summed E-state index contributed by atoms with van der Waals surface area (Å²) < 4.78 is 11.2. The summed E-state index contributed by atoms with van der Waals surface area (Å²) in [6.07, 6.45) is 22.2. The van der Waals surface area contributed by atoms with Gasteiger partial charge in [0, 0.05) is 12.3 Å². The fraction of sp³-hybridized carbons (Fsp3) is 0.909. The first-order valence-electron chi connectivity index (χ1n) is 22.8. The highest BCUT2D eigenvalue weighted by molar-refractivity contribution is 5.91. The maximum atomic E-state index is 13.9. The van der Waals surface area contributed by atoms with Gasteiger partial charge in [-0.2, -0.15) is 0 Å². The summed E-state index contributed by atoms with van der Waals surface area (Å²) in [7, 11) is 0. The van der Waals surface area contributed by atoms with Crippen LogP contribution in [0.4, 0.5) is 0 Å². The third kappa shape index (κ3) is 25.0. The zero-order chi connectivity index (χ0) is 42.3. The summed E-state index contributed by atoms with van der Waals surface area (Å²) in [5, 5.41) is 54.7. The molecule has 57 heavy (non-hydrogen) atoms. The average molecular weight is 815 g/mol. The predicted octanol–water partition coefficient (Wildman–Crippen LogP) is 7.55. The van der Waals surface area contributed by atoms with Crippen molar-refractivity contribution in [1.82, 2.24) is 10.6 Å². The lowest BCUT2D eigenvalue weighted by atomic mass is 9.92.